The van der Waals surface area contributed by atoms with Crippen molar-refractivity contribution in [1.29, 1.82) is 5.26 Å². The van der Waals surface area contributed by atoms with Crippen LogP contribution in [0.1, 0.15) is 5.56 Å². The van der Waals surface area contributed by atoms with Crippen LogP contribution in [-0.2, 0) is 0 Å². The van der Waals surface area contributed by atoms with E-state index in [1.165, 1.54) is 18.1 Å². The highest BCUT2D eigenvalue weighted by Crippen LogP contribution is 2.27. The molecule has 0 bridgehead atoms. The first kappa shape index (κ1) is 10.2. The molecule has 1 aromatic carbocycles. The van der Waals surface area contributed by atoms with Crippen LogP contribution in [0.3, 0.4) is 0 Å². The van der Waals surface area contributed by atoms with Gasteiger partial charge in [-0.25, -0.2) is 4.98 Å². The second-order valence-electron chi connectivity index (χ2n) is 2.68. The van der Waals surface area contributed by atoms with Crippen LogP contribution < -0.4 is 0 Å². The lowest BCUT2D eigenvalue weighted by molar-refractivity contribution is 0.973. The summed E-state index contributed by atoms with van der Waals surface area (Å²) in [6.07, 6.45) is 1.45. The molecule has 0 saturated carbocycles. The van der Waals surface area contributed by atoms with Crippen LogP contribution in [0.4, 0.5) is 0 Å². The first-order valence-electron chi connectivity index (χ1n) is 4.02. The molecule has 0 atom stereocenters. The summed E-state index contributed by atoms with van der Waals surface area (Å²) in [7, 11) is 0. The molecule has 2 rings (SSSR count). The van der Waals surface area contributed by atoms with Gasteiger partial charge in [0.1, 0.15) is 6.33 Å². The molecule has 0 radical (unpaired) electrons. The fourth-order valence-corrected chi connectivity index (χ4v) is 2.48. The van der Waals surface area contributed by atoms with Gasteiger partial charge in [0, 0.05) is 9.37 Å². The lowest BCUT2D eigenvalue weighted by Crippen LogP contribution is -1.80. The Balaban J connectivity index is 2.29. The maximum Gasteiger partial charge on any atom is 0.188 e. The van der Waals surface area contributed by atoms with Crippen molar-refractivity contribution < 1.29 is 0 Å². The van der Waals surface area contributed by atoms with Gasteiger partial charge in [-0.2, -0.15) is 10.4 Å². The second kappa shape index (κ2) is 4.47. The molecule has 0 aliphatic carbocycles. The quantitative estimate of drug-likeness (QED) is 0.918. The molecule has 0 saturated heterocycles. The van der Waals surface area contributed by atoms with Crippen LogP contribution in [0, 0.1) is 11.3 Å². The molecule has 6 heteroatoms. The van der Waals surface area contributed by atoms with Gasteiger partial charge in [0.2, 0.25) is 0 Å². The molecule has 0 fully saturated rings. The van der Waals surface area contributed by atoms with E-state index in [0.717, 1.165) is 9.37 Å². The van der Waals surface area contributed by atoms with Crippen molar-refractivity contribution in [1.82, 2.24) is 15.2 Å². The highest BCUT2D eigenvalue weighted by Gasteiger charge is 2.03. The summed E-state index contributed by atoms with van der Waals surface area (Å²) < 4.78 is 0.878. The lowest BCUT2D eigenvalue weighted by atomic mass is 10.2. The second-order valence-corrected chi connectivity index (χ2v) is 4.66. The van der Waals surface area contributed by atoms with Gasteiger partial charge in [0.25, 0.3) is 0 Å². The molecule has 0 unspecified atom stereocenters. The number of nitrogens with one attached hydrogen (secondary N) is 1. The Morgan fingerprint density at radius 3 is 2.93 bits per heavy atom. The van der Waals surface area contributed by atoms with E-state index in [4.69, 9.17) is 5.26 Å². The fourth-order valence-electron chi connectivity index (χ4n) is 1.04. The predicted octanol–water partition coefficient (Wildman–Crippen LogP) is 2.59. The Morgan fingerprint density at radius 1 is 1.40 bits per heavy atom. The Hall–Kier alpha value is -1.32. The molecule has 1 heterocycles. The number of nitrogens with zero attached hydrogens (tertiary/aromatic N) is 3. The Morgan fingerprint density at radius 2 is 2.27 bits per heavy atom. The first-order chi connectivity index (χ1) is 7.28. The molecule has 1 aromatic heterocycles. The summed E-state index contributed by atoms with van der Waals surface area (Å²) in [6.45, 7) is 0. The standard InChI is InChI=1S/C9H5BrN4S/c10-7-1-6(4-11)2-8(3-7)15-9-12-5-13-14-9/h1-3,5H,(H,12,13,14). The number of nitriles is 1. The fraction of sp³-hybridized carbons (Fsp3) is 0. The van der Waals surface area contributed by atoms with E-state index in [1.807, 2.05) is 6.07 Å². The van der Waals surface area contributed by atoms with Gasteiger partial charge >= 0.3 is 0 Å². The van der Waals surface area contributed by atoms with Gasteiger partial charge in [0.15, 0.2) is 5.16 Å². The van der Waals surface area contributed by atoms with E-state index < -0.39 is 0 Å². The molecule has 0 aliphatic heterocycles. The van der Waals surface area contributed by atoms with Crippen LogP contribution in [0.2, 0.25) is 0 Å². The van der Waals surface area contributed by atoms with E-state index in [9.17, 15) is 0 Å². The minimum atomic E-state index is 0.617. The molecular weight excluding hydrogens is 276 g/mol. The zero-order chi connectivity index (χ0) is 10.7. The molecule has 2 aromatic rings. The lowest BCUT2D eigenvalue weighted by Gasteiger charge is -1.99. The van der Waals surface area contributed by atoms with Crippen LogP contribution in [0.25, 0.3) is 0 Å². The monoisotopic (exact) mass is 280 g/mol. The number of H-pyrrole nitrogens is 1. The molecule has 15 heavy (non-hydrogen) atoms. The molecule has 0 aliphatic rings. The number of aromatic nitrogens is 3. The van der Waals surface area contributed by atoms with Crippen molar-refractivity contribution in [2.24, 2.45) is 0 Å². The number of rotatable bonds is 2. The van der Waals surface area contributed by atoms with E-state index in [0.29, 0.717) is 10.7 Å². The van der Waals surface area contributed by atoms with E-state index in [-0.39, 0.29) is 0 Å². The van der Waals surface area contributed by atoms with Crippen LogP contribution >= 0.6 is 27.7 Å². The van der Waals surface area contributed by atoms with Crippen molar-refractivity contribution in [3.05, 3.63) is 34.6 Å². The Bertz CT molecular complexity index is 503. The van der Waals surface area contributed by atoms with Gasteiger partial charge in [-0.1, -0.05) is 27.7 Å². The van der Waals surface area contributed by atoms with Gasteiger partial charge < -0.3 is 0 Å². The average Bonchev–Trinajstić information content (AvgIpc) is 2.69. The van der Waals surface area contributed by atoms with Crippen molar-refractivity contribution in [3.8, 4) is 6.07 Å². The van der Waals surface area contributed by atoms with E-state index >= 15 is 0 Å². The zero-order valence-corrected chi connectivity index (χ0v) is 9.84. The molecular formula is C9H5BrN4S. The van der Waals surface area contributed by atoms with E-state index in [1.54, 1.807) is 12.1 Å². The van der Waals surface area contributed by atoms with Crippen molar-refractivity contribution in [2.45, 2.75) is 10.1 Å². The SMILES string of the molecule is N#Cc1cc(Br)cc(Sc2ncn[nH]2)c1. The van der Waals surface area contributed by atoms with Crippen LogP contribution in [0.5, 0.6) is 0 Å². The van der Waals surface area contributed by atoms with Gasteiger partial charge in [0.05, 0.1) is 11.6 Å². The summed E-state index contributed by atoms with van der Waals surface area (Å²) in [6, 6.07) is 7.59. The van der Waals surface area contributed by atoms with Gasteiger partial charge in [-0.15, -0.1) is 0 Å². The highest BCUT2D eigenvalue weighted by atomic mass is 79.9. The number of hydrogen-bond donors (Lipinski definition) is 1. The normalized spacial score (nSPS) is 9.87. The summed E-state index contributed by atoms with van der Waals surface area (Å²) in [4.78, 5) is 4.94. The zero-order valence-electron chi connectivity index (χ0n) is 7.44. The third-order valence-corrected chi connectivity index (χ3v) is 2.93. The molecule has 1 N–H and O–H groups in total. The highest BCUT2D eigenvalue weighted by molar-refractivity contribution is 9.10. The van der Waals surface area contributed by atoms with Gasteiger partial charge in [-0.05, 0) is 18.2 Å². The van der Waals surface area contributed by atoms with Crippen LogP contribution in [0.15, 0.2) is 39.1 Å². The topological polar surface area (TPSA) is 65.4 Å². The van der Waals surface area contributed by atoms with Crippen LogP contribution in [-0.4, -0.2) is 15.2 Å². The molecule has 0 amide bonds. The molecule has 4 nitrogen and oxygen atoms in total. The maximum absolute atomic E-state index is 8.80. The first-order valence-corrected chi connectivity index (χ1v) is 5.63. The largest absolute Gasteiger partial charge is 0.254 e. The molecule has 74 valence electrons. The average molecular weight is 281 g/mol. The Kier molecular flexibility index (Phi) is 3.04. The summed E-state index contributed by atoms with van der Waals surface area (Å²) >= 11 is 4.77. The summed E-state index contributed by atoms with van der Waals surface area (Å²) in [5, 5.41) is 16.0. The maximum atomic E-state index is 8.80. The summed E-state index contributed by atoms with van der Waals surface area (Å²) in [5.41, 5.74) is 0.617. The number of aromatic amines is 1. The minimum Gasteiger partial charge on any atom is -0.254 e. The smallest absolute Gasteiger partial charge is 0.188 e. The van der Waals surface area contributed by atoms with E-state index in [2.05, 4.69) is 37.2 Å². The minimum absolute atomic E-state index is 0.617. The third kappa shape index (κ3) is 2.58. The molecule has 0 spiro atoms. The van der Waals surface area contributed by atoms with Gasteiger partial charge in [-0.3, -0.25) is 5.10 Å². The Labute approximate surface area is 98.9 Å². The predicted molar refractivity (Wildman–Crippen MR) is 59.4 cm³/mol. The number of halogens is 1. The third-order valence-electron chi connectivity index (χ3n) is 1.61. The van der Waals surface area contributed by atoms with Crippen molar-refractivity contribution >= 4 is 27.7 Å². The van der Waals surface area contributed by atoms with Crippen molar-refractivity contribution in [2.75, 3.05) is 0 Å². The number of benzene rings is 1. The summed E-state index contributed by atoms with van der Waals surface area (Å²) in [5.74, 6) is 0. The number of hydrogen-bond acceptors (Lipinski definition) is 4. The van der Waals surface area contributed by atoms with Crippen molar-refractivity contribution in [3.63, 3.8) is 0 Å².